The Balaban J connectivity index is 1.90. The summed E-state index contributed by atoms with van der Waals surface area (Å²) in [4.78, 5) is 35.9. The van der Waals surface area contributed by atoms with E-state index in [0.717, 1.165) is 10.9 Å². The first-order valence-corrected chi connectivity index (χ1v) is 7.96. The van der Waals surface area contributed by atoms with Crippen LogP contribution >= 0.6 is 15.9 Å². The summed E-state index contributed by atoms with van der Waals surface area (Å²) < 4.78 is 5.62. The molecule has 1 aliphatic carbocycles. The Labute approximate surface area is 137 Å². The van der Waals surface area contributed by atoms with Crippen molar-refractivity contribution in [2.45, 2.75) is 19.3 Å². The number of ketones is 1. The summed E-state index contributed by atoms with van der Waals surface area (Å²) in [5.41, 5.74) is 0.541. The van der Waals surface area contributed by atoms with E-state index in [1.807, 2.05) is 0 Å². The summed E-state index contributed by atoms with van der Waals surface area (Å²) in [5, 5.41) is 2.64. The Hall–Kier alpha value is -1.69. The van der Waals surface area contributed by atoms with Gasteiger partial charge in [0.25, 0.3) is 0 Å². The van der Waals surface area contributed by atoms with Gasteiger partial charge < -0.3 is 10.1 Å². The van der Waals surface area contributed by atoms with Crippen LogP contribution in [-0.2, 0) is 14.3 Å². The Morgan fingerprint density at radius 1 is 1.18 bits per heavy atom. The molecule has 118 valence electrons. The molecule has 0 aromatic heterocycles. The van der Waals surface area contributed by atoms with Gasteiger partial charge in [0.15, 0.2) is 5.78 Å². The average molecular weight is 368 g/mol. The van der Waals surface area contributed by atoms with Crippen molar-refractivity contribution in [3.8, 4) is 0 Å². The van der Waals surface area contributed by atoms with E-state index in [0.29, 0.717) is 18.4 Å². The van der Waals surface area contributed by atoms with Gasteiger partial charge in [-0.15, -0.1) is 0 Å². The lowest BCUT2D eigenvalue weighted by Gasteiger charge is -2.16. The molecule has 1 saturated carbocycles. The number of carbonyl (C=O) groups is 3. The van der Waals surface area contributed by atoms with Gasteiger partial charge in [0.2, 0.25) is 5.91 Å². The smallest absolute Gasteiger partial charge is 0.309 e. The minimum atomic E-state index is -0.398. The van der Waals surface area contributed by atoms with Crippen molar-refractivity contribution in [3.63, 3.8) is 0 Å². The molecule has 0 spiro atoms. The summed E-state index contributed by atoms with van der Waals surface area (Å²) >= 11 is 3.30. The van der Waals surface area contributed by atoms with E-state index < -0.39 is 11.8 Å². The molecule has 1 aliphatic rings. The molecule has 6 heteroatoms. The van der Waals surface area contributed by atoms with Gasteiger partial charge in [-0.3, -0.25) is 14.4 Å². The molecule has 0 aliphatic heterocycles. The Bertz CT molecular complexity index is 570. The van der Waals surface area contributed by atoms with Gasteiger partial charge >= 0.3 is 5.97 Å². The third-order valence-corrected chi connectivity index (χ3v) is 4.47. The first-order valence-electron chi connectivity index (χ1n) is 7.17. The molecule has 1 aromatic rings. The molecule has 0 saturated heterocycles. The number of hydrogen-bond acceptors (Lipinski definition) is 4. The van der Waals surface area contributed by atoms with Crippen LogP contribution in [0.15, 0.2) is 28.7 Å². The van der Waals surface area contributed by atoms with E-state index >= 15 is 0 Å². The van der Waals surface area contributed by atoms with E-state index in [1.54, 1.807) is 24.3 Å². The Morgan fingerprint density at radius 3 is 2.45 bits per heavy atom. The number of halogens is 1. The number of benzene rings is 1. The van der Waals surface area contributed by atoms with Crippen LogP contribution in [0.25, 0.3) is 0 Å². The number of rotatable bonds is 5. The summed E-state index contributed by atoms with van der Waals surface area (Å²) in [6, 6.07) is 6.95. The second kappa shape index (κ2) is 7.54. The highest BCUT2D eigenvalue weighted by atomic mass is 79.9. The van der Waals surface area contributed by atoms with Gasteiger partial charge in [-0.25, -0.2) is 0 Å². The van der Waals surface area contributed by atoms with E-state index in [2.05, 4.69) is 21.2 Å². The van der Waals surface area contributed by atoms with Crippen LogP contribution in [0, 0.1) is 11.8 Å². The van der Waals surface area contributed by atoms with Crippen molar-refractivity contribution in [3.05, 3.63) is 34.3 Å². The van der Waals surface area contributed by atoms with Crippen molar-refractivity contribution in [2.75, 3.05) is 13.7 Å². The summed E-state index contributed by atoms with van der Waals surface area (Å²) in [7, 11) is 1.33. The van der Waals surface area contributed by atoms with Crippen LogP contribution < -0.4 is 5.32 Å². The van der Waals surface area contributed by atoms with Crippen molar-refractivity contribution in [1.29, 1.82) is 0 Å². The normalized spacial score (nSPS) is 20.5. The second-order valence-corrected chi connectivity index (χ2v) is 6.23. The Morgan fingerprint density at radius 2 is 1.82 bits per heavy atom. The largest absolute Gasteiger partial charge is 0.469 e. The lowest BCUT2D eigenvalue weighted by atomic mass is 9.95. The highest BCUT2D eigenvalue weighted by Crippen LogP contribution is 2.32. The van der Waals surface area contributed by atoms with Crippen LogP contribution in [0.1, 0.15) is 29.6 Å². The topological polar surface area (TPSA) is 72.5 Å². The van der Waals surface area contributed by atoms with Gasteiger partial charge in [-0.2, -0.15) is 0 Å². The molecular formula is C16H18BrNO4. The quantitative estimate of drug-likeness (QED) is 0.640. The molecule has 2 atom stereocenters. The molecule has 0 bridgehead atoms. The number of carbonyl (C=O) groups excluding carboxylic acids is 3. The SMILES string of the molecule is COC(=O)[C@@H]1CCC[C@H]1C(=O)NCC(=O)c1ccc(Br)cc1. The van der Waals surface area contributed by atoms with Crippen LogP contribution in [0.3, 0.4) is 0 Å². The van der Waals surface area contributed by atoms with Crippen LogP contribution in [0.4, 0.5) is 0 Å². The molecule has 22 heavy (non-hydrogen) atoms. The second-order valence-electron chi connectivity index (χ2n) is 5.31. The molecule has 1 amide bonds. The molecule has 1 N–H and O–H groups in total. The number of esters is 1. The summed E-state index contributed by atoms with van der Waals surface area (Å²) in [5.74, 6) is -1.55. The first kappa shape index (κ1) is 16.7. The van der Waals surface area contributed by atoms with E-state index in [4.69, 9.17) is 4.74 Å². The molecule has 1 fully saturated rings. The summed E-state index contributed by atoms with van der Waals surface area (Å²) in [6.07, 6.45) is 2.13. The molecular weight excluding hydrogens is 350 g/mol. The maximum atomic E-state index is 12.2. The average Bonchev–Trinajstić information content (AvgIpc) is 3.01. The minimum absolute atomic E-state index is 0.0646. The minimum Gasteiger partial charge on any atom is -0.469 e. The van der Waals surface area contributed by atoms with Gasteiger partial charge in [0, 0.05) is 10.0 Å². The van der Waals surface area contributed by atoms with Gasteiger partial charge in [-0.1, -0.05) is 34.5 Å². The predicted octanol–water partition coefficient (Wildman–Crippen LogP) is 2.34. The van der Waals surface area contributed by atoms with Crippen LogP contribution in [0.5, 0.6) is 0 Å². The molecule has 1 aromatic carbocycles. The zero-order valence-corrected chi connectivity index (χ0v) is 13.9. The fourth-order valence-electron chi connectivity index (χ4n) is 2.74. The molecule has 0 radical (unpaired) electrons. The van der Waals surface area contributed by atoms with Crippen LogP contribution in [-0.4, -0.2) is 31.3 Å². The first-order chi connectivity index (χ1) is 10.5. The molecule has 0 unspecified atom stereocenters. The number of methoxy groups -OCH3 is 1. The number of hydrogen-bond donors (Lipinski definition) is 1. The van der Waals surface area contributed by atoms with Gasteiger partial charge in [0.05, 0.1) is 25.5 Å². The lowest BCUT2D eigenvalue weighted by Crippen LogP contribution is -2.38. The number of ether oxygens (including phenoxy) is 1. The van der Waals surface area contributed by atoms with Crippen molar-refractivity contribution >= 4 is 33.6 Å². The van der Waals surface area contributed by atoms with Crippen molar-refractivity contribution in [1.82, 2.24) is 5.32 Å². The lowest BCUT2D eigenvalue weighted by molar-refractivity contribution is -0.149. The van der Waals surface area contributed by atoms with E-state index in [1.165, 1.54) is 7.11 Å². The Kier molecular flexibility index (Phi) is 5.71. The zero-order valence-electron chi connectivity index (χ0n) is 12.3. The monoisotopic (exact) mass is 367 g/mol. The molecule has 2 rings (SSSR count). The zero-order chi connectivity index (χ0) is 16.1. The van der Waals surface area contributed by atoms with E-state index in [-0.39, 0.29) is 24.2 Å². The fraction of sp³-hybridized carbons (Fsp3) is 0.438. The maximum absolute atomic E-state index is 12.2. The number of nitrogens with one attached hydrogen (secondary N) is 1. The number of amides is 1. The van der Waals surface area contributed by atoms with Crippen molar-refractivity contribution < 1.29 is 19.1 Å². The van der Waals surface area contributed by atoms with Crippen molar-refractivity contribution in [2.24, 2.45) is 11.8 Å². The van der Waals surface area contributed by atoms with E-state index in [9.17, 15) is 14.4 Å². The third-order valence-electron chi connectivity index (χ3n) is 3.95. The standard InChI is InChI=1S/C16H18BrNO4/c1-22-16(21)13-4-2-3-12(13)15(20)18-9-14(19)10-5-7-11(17)8-6-10/h5-8,12-13H,2-4,9H2,1H3,(H,18,20)/t12-,13-/m1/s1. The predicted molar refractivity (Wildman–Crippen MR) is 84.3 cm³/mol. The fourth-order valence-corrected chi connectivity index (χ4v) is 3.01. The molecule has 0 heterocycles. The van der Waals surface area contributed by atoms with Gasteiger partial charge in [0.1, 0.15) is 0 Å². The number of Topliss-reactive ketones (excluding diaryl/α,β-unsaturated/α-hetero) is 1. The third kappa shape index (κ3) is 3.94. The highest BCUT2D eigenvalue weighted by Gasteiger charge is 2.38. The summed E-state index contributed by atoms with van der Waals surface area (Å²) in [6.45, 7) is -0.0646. The maximum Gasteiger partial charge on any atom is 0.309 e. The molecule has 5 nitrogen and oxygen atoms in total. The highest BCUT2D eigenvalue weighted by molar-refractivity contribution is 9.10. The van der Waals surface area contributed by atoms with Gasteiger partial charge in [-0.05, 0) is 25.0 Å². The van der Waals surface area contributed by atoms with Crippen LogP contribution in [0.2, 0.25) is 0 Å².